The van der Waals surface area contributed by atoms with Gasteiger partial charge in [-0.3, -0.25) is 10.0 Å². The second kappa shape index (κ2) is 5.41. The van der Waals surface area contributed by atoms with Crippen LogP contribution in [0.3, 0.4) is 0 Å². The molecule has 0 aliphatic rings. The van der Waals surface area contributed by atoms with E-state index in [1.165, 1.54) is 6.33 Å². The van der Waals surface area contributed by atoms with Crippen LogP contribution in [0.25, 0.3) is 0 Å². The summed E-state index contributed by atoms with van der Waals surface area (Å²) in [7, 11) is -0.733. The Morgan fingerprint density at radius 3 is 3.21 bits per heavy atom. The van der Waals surface area contributed by atoms with E-state index in [1.807, 2.05) is 0 Å². The quantitative estimate of drug-likeness (QED) is 0.314. The highest BCUT2D eigenvalue weighted by Gasteiger charge is 2.14. The minimum absolute atomic E-state index is 0.344. The molecule has 1 atom stereocenters. The monoisotopic (exact) mass is 197 g/mol. The molecule has 0 amide bonds. The molecule has 0 fully saturated rings. The Kier molecular flexibility index (Phi) is 4.15. The molecule has 14 heavy (non-hydrogen) atoms. The predicted molar refractivity (Wildman–Crippen MR) is 50.2 cm³/mol. The predicted octanol–water partition coefficient (Wildman–Crippen LogP) is -0.849. The molecule has 76 valence electrons. The molecule has 6 nitrogen and oxygen atoms in total. The zero-order valence-corrected chi connectivity index (χ0v) is 7.80. The number of ether oxygens (including phenoxy) is 1. The second-order valence-electron chi connectivity index (χ2n) is 2.84. The number of aromatic nitrogens is 2. The normalized spacial score (nSPS) is 12.1. The van der Waals surface area contributed by atoms with Crippen molar-refractivity contribution < 1.29 is 14.6 Å². The molecule has 0 aromatic carbocycles. The van der Waals surface area contributed by atoms with Gasteiger partial charge in [0.25, 0.3) is 6.47 Å². The summed E-state index contributed by atoms with van der Waals surface area (Å²) < 4.78 is 4.73. The Bertz CT molecular complexity index is 265. The number of hydrogen-bond donors (Lipinski definition) is 3. The van der Waals surface area contributed by atoms with Gasteiger partial charge in [-0.2, -0.15) is 0 Å². The van der Waals surface area contributed by atoms with Crippen LogP contribution in [0.1, 0.15) is 5.69 Å². The van der Waals surface area contributed by atoms with Gasteiger partial charge in [0.1, 0.15) is 0 Å². The lowest BCUT2D eigenvalue weighted by Crippen LogP contribution is -2.42. The van der Waals surface area contributed by atoms with Gasteiger partial charge < -0.3 is 14.7 Å². The standard InChI is InChI=1S/C7H12BN3O3/c1-8(13)11-7(14-5-12)2-6-3-9-4-10-6/h3-5,7,11,13H,2H2,1H3,(H,9,10). The molecule has 1 aromatic rings. The fraction of sp³-hybridized carbons (Fsp3) is 0.429. The first-order chi connectivity index (χ1) is 6.72. The lowest BCUT2D eigenvalue weighted by Gasteiger charge is -2.16. The average Bonchev–Trinajstić information content (AvgIpc) is 2.56. The lowest BCUT2D eigenvalue weighted by molar-refractivity contribution is -0.134. The van der Waals surface area contributed by atoms with Crippen molar-refractivity contribution in [3.05, 3.63) is 18.2 Å². The third-order valence-electron chi connectivity index (χ3n) is 1.61. The molecule has 1 unspecified atom stereocenters. The van der Waals surface area contributed by atoms with Gasteiger partial charge >= 0.3 is 7.05 Å². The molecule has 0 aliphatic heterocycles. The van der Waals surface area contributed by atoms with E-state index >= 15 is 0 Å². The molecule has 0 aliphatic carbocycles. The Labute approximate surface area is 81.8 Å². The van der Waals surface area contributed by atoms with Gasteiger partial charge in [-0.1, -0.05) is 0 Å². The highest BCUT2D eigenvalue weighted by atomic mass is 16.5. The Morgan fingerprint density at radius 1 is 1.93 bits per heavy atom. The third-order valence-corrected chi connectivity index (χ3v) is 1.61. The summed E-state index contributed by atoms with van der Waals surface area (Å²) in [6.07, 6.45) is 3.05. The molecule has 0 saturated heterocycles. The van der Waals surface area contributed by atoms with Gasteiger partial charge in [0.2, 0.25) is 0 Å². The number of carbonyl (C=O) groups is 1. The van der Waals surface area contributed by atoms with E-state index in [0.29, 0.717) is 12.9 Å². The molecular weight excluding hydrogens is 185 g/mol. The molecule has 1 aromatic heterocycles. The van der Waals surface area contributed by atoms with Crippen LogP contribution in [0, 0.1) is 0 Å². The zero-order valence-electron chi connectivity index (χ0n) is 7.80. The largest absolute Gasteiger partial charge is 0.449 e. The molecule has 0 spiro atoms. The SMILES string of the molecule is CB(O)NC(Cc1cnc[nH]1)OC=O. The van der Waals surface area contributed by atoms with Gasteiger partial charge in [0, 0.05) is 18.3 Å². The number of nitrogens with zero attached hydrogens (tertiary/aromatic N) is 1. The summed E-state index contributed by atoms with van der Waals surface area (Å²) in [5, 5.41) is 11.7. The van der Waals surface area contributed by atoms with Crippen LogP contribution in [0.5, 0.6) is 0 Å². The van der Waals surface area contributed by atoms with Crippen LogP contribution in [0.4, 0.5) is 0 Å². The first-order valence-corrected chi connectivity index (χ1v) is 4.23. The van der Waals surface area contributed by atoms with Crippen molar-refractivity contribution in [3.63, 3.8) is 0 Å². The van der Waals surface area contributed by atoms with Crippen molar-refractivity contribution in [2.75, 3.05) is 0 Å². The van der Waals surface area contributed by atoms with Crippen molar-refractivity contribution >= 4 is 13.5 Å². The van der Waals surface area contributed by atoms with E-state index in [1.54, 1.807) is 13.0 Å². The topological polar surface area (TPSA) is 87.2 Å². The maximum Gasteiger partial charge on any atom is 0.376 e. The maximum absolute atomic E-state index is 10.2. The Balaban J connectivity index is 2.46. The molecule has 0 bridgehead atoms. The average molecular weight is 197 g/mol. The summed E-state index contributed by atoms with van der Waals surface area (Å²) in [5.41, 5.74) is 0.824. The number of imidazole rings is 1. The maximum atomic E-state index is 10.2. The van der Waals surface area contributed by atoms with Gasteiger partial charge in [-0.15, -0.1) is 0 Å². The Hall–Kier alpha value is -1.34. The van der Waals surface area contributed by atoms with Crippen molar-refractivity contribution in [2.24, 2.45) is 0 Å². The van der Waals surface area contributed by atoms with Crippen LogP contribution in [-0.2, 0) is 16.0 Å². The molecule has 1 rings (SSSR count). The van der Waals surface area contributed by atoms with Crippen LogP contribution in [0.2, 0.25) is 6.82 Å². The van der Waals surface area contributed by atoms with Gasteiger partial charge in [-0.25, -0.2) is 4.98 Å². The van der Waals surface area contributed by atoms with Crippen molar-refractivity contribution in [3.8, 4) is 0 Å². The molecule has 0 radical (unpaired) electrons. The summed E-state index contributed by atoms with van der Waals surface area (Å²) in [4.78, 5) is 16.9. The molecular formula is C7H12BN3O3. The third kappa shape index (κ3) is 3.59. The van der Waals surface area contributed by atoms with Crippen LogP contribution in [-0.4, -0.2) is 34.7 Å². The minimum Gasteiger partial charge on any atom is -0.449 e. The summed E-state index contributed by atoms with van der Waals surface area (Å²) in [6, 6.07) is 0. The second-order valence-corrected chi connectivity index (χ2v) is 2.84. The van der Waals surface area contributed by atoms with E-state index in [9.17, 15) is 4.79 Å². The van der Waals surface area contributed by atoms with Gasteiger partial charge in [0.15, 0.2) is 6.23 Å². The number of aromatic amines is 1. The number of hydrogen-bond acceptors (Lipinski definition) is 5. The van der Waals surface area contributed by atoms with Crippen LogP contribution >= 0.6 is 0 Å². The van der Waals surface area contributed by atoms with Crippen LogP contribution < -0.4 is 5.23 Å². The fourth-order valence-electron chi connectivity index (χ4n) is 1.08. The van der Waals surface area contributed by atoms with Crippen molar-refractivity contribution in [1.29, 1.82) is 0 Å². The van der Waals surface area contributed by atoms with Crippen molar-refractivity contribution in [1.82, 2.24) is 15.2 Å². The minimum atomic E-state index is -0.733. The zero-order chi connectivity index (χ0) is 10.4. The first kappa shape index (κ1) is 10.7. The number of nitrogens with one attached hydrogen (secondary N) is 2. The van der Waals surface area contributed by atoms with E-state index in [0.717, 1.165) is 5.69 Å². The molecule has 1 heterocycles. The van der Waals surface area contributed by atoms with Crippen LogP contribution in [0.15, 0.2) is 12.5 Å². The van der Waals surface area contributed by atoms with Gasteiger partial charge in [0.05, 0.1) is 6.33 Å². The number of carbonyl (C=O) groups excluding carboxylic acids is 1. The van der Waals surface area contributed by atoms with E-state index in [2.05, 4.69) is 15.2 Å². The molecule has 3 N–H and O–H groups in total. The summed E-state index contributed by atoms with van der Waals surface area (Å²) in [6.45, 7) is 1.89. The number of rotatable bonds is 6. The van der Waals surface area contributed by atoms with E-state index in [-0.39, 0.29) is 0 Å². The lowest BCUT2D eigenvalue weighted by atomic mass is 9.88. The Morgan fingerprint density at radius 2 is 2.71 bits per heavy atom. The van der Waals surface area contributed by atoms with Gasteiger partial charge in [-0.05, 0) is 6.82 Å². The molecule has 7 heteroatoms. The number of H-pyrrole nitrogens is 1. The highest BCUT2D eigenvalue weighted by Crippen LogP contribution is 1.98. The summed E-state index contributed by atoms with van der Waals surface area (Å²) >= 11 is 0. The van der Waals surface area contributed by atoms with E-state index < -0.39 is 13.3 Å². The fourth-order valence-corrected chi connectivity index (χ4v) is 1.08. The van der Waals surface area contributed by atoms with Crippen molar-refractivity contribution in [2.45, 2.75) is 19.5 Å². The highest BCUT2D eigenvalue weighted by molar-refractivity contribution is 6.45. The smallest absolute Gasteiger partial charge is 0.376 e. The molecule has 0 saturated carbocycles. The summed E-state index contributed by atoms with van der Waals surface area (Å²) in [5.74, 6) is 0. The first-order valence-electron chi connectivity index (χ1n) is 4.23. The van der Waals surface area contributed by atoms with E-state index in [4.69, 9.17) is 9.76 Å².